The molecule has 0 bridgehead atoms. The number of nitrogens with two attached hydrogens (primary N) is 2. The Kier molecular flexibility index (Phi) is 3.16. The molecule has 0 saturated carbocycles. The van der Waals surface area contributed by atoms with Gasteiger partial charge in [0.05, 0.1) is 11.9 Å². The first-order valence-electron chi connectivity index (χ1n) is 6.46. The summed E-state index contributed by atoms with van der Waals surface area (Å²) in [6.07, 6.45) is 1.64. The molecule has 1 aromatic heterocycles. The Hall–Kier alpha value is -3.08. The van der Waals surface area contributed by atoms with E-state index in [9.17, 15) is 4.79 Å². The third-order valence-corrected chi connectivity index (χ3v) is 3.29. The van der Waals surface area contributed by atoms with E-state index < -0.39 is 5.91 Å². The van der Waals surface area contributed by atoms with Crippen molar-refractivity contribution in [1.82, 2.24) is 9.78 Å². The topological polar surface area (TPSA) is 86.9 Å². The molecule has 1 amide bonds. The number of anilines is 1. The predicted octanol–water partition coefficient (Wildman–Crippen LogP) is 2.22. The van der Waals surface area contributed by atoms with Gasteiger partial charge < -0.3 is 11.5 Å². The van der Waals surface area contributed by atoms with E-state index in [4.69, 9.17) is 11.5 Å². The number of aromatic nitrogens is 2. The number of amides is 1. The Morgan fingerprint density at radius 2 is 1.62 bits per heavy atom. The summed E-state index contributed by atoms with van der Waals surface area (Å²) in [5.74, 6) is -0.0210. The summed E-state index contributed by atoms with van der Waals surface area (Å²) in [7, 11) is 0. The summed E-state index contributed by atoms with van der Waals surface area (Å²) in [6.45, 7) is 0. The van der Waals surface area contributed by atoms with Crippen molar-refractivity contribution in [1.29, 1.82) is 0 Å². The molecule has 0 unspecified atom stereocenters. The predicted molar refractivity (Wildman–Crippen MR) is 81.9 cm³/mol. The molecule has 5 nitrogen and oxygen atoms in total. The van der Waals surface area contributed by atoms with Gasteiger partial charge in [0.1, 0.15) is 5.82 Å². The Morgan fingerprint density at radius 1 is 0.952 bits per heavy atom. The maximum Gasteiger partial charge on any atom is 0.249 e. The van der Waals surface area contributed by atoms with Crippen molar-refractivity contribution >= 4 is 11.7 Å². The minimum absolute atomic E-state index is 0.428. The molecule has 1 heterocycles. The van der Waals surface area contributed by atoms with E-state index in [2.05, 4.69) is 5.10 Å². The molecule has 0 atom stereocenters. The second kappa shape index (κ2) is 5.13. The van der Waals surface area contributed by atoms with E-state index in [0.29, 0.717) is 22.5 Å². The molecule has 0 radical (unpaired) electrons. The maximum atomic E-state index is 11.5. The van der Waals surface area contributed by atoms with Crippen molar-refractivity contribution in [2.75, 3.05) is 5.73 Å². The third kappa shape index (κ3) is 2.25. The molecule has 0 aliphatic carbocycles. The van der Waals surface area contributed by atoms with E-state index in [0.717, 1.165) is 5.69 Å². The van der Waals surface area contributed by atoms with Crippen LogP contribution in [-0.2, 0) is 0 Å². The second-order valence-corrected chi connectivity index (χ2v) is 4.60. The lowest BCUT2D eigenvalue weighted by molar-refractivity contribution is 0.100. The largest absolute Gasteiger partial charge is 0.383 e. The quantitative estimate of drug-likeness (QED) is 0.770. The first-order valence-corrected chi connectivity index (χ1v) is 6.46. The first kappa shape index (κ1) is 12.9. The average molecular weight is 278 g/mol. The highest BCUT2D eigenvalue weighted by Gasteiger charge is 2.15. The lowest BCUT2D eigenvalue weighted by Crippen LogP contribution is -2.12. The summed E-state index contributed by atoms with van der Waals surface area (Å²) in [5, 5.41) is 4.30. The molecule has 0 saturated heterocycles. The number of para-hydroxylation sites is 1. The molecule has 0 aliphatic rings. The van der Waals surface area contributed by atoms with Crippen molar-refractivity contribution in [3.05, 3.63) is 66.4 Å². The number of nitrogen functional groups attached to an aromatic ring is 1. The average Bonchev–Trinajstić information content (AvgIpc) is 2.89. The fourth-order valence-electron chi connectivity index (χ4n) is 2.27. The lowest BCUT2D eigenvalue weighted by atomic mass is 10.0. The Balaban J connectivity index is 2.14. The Morgan fingerprint density at radius 3 is 2.33 bits per heavy atom. The van der Waals surface area contributed by atoms with Gasteiger partial charge in [-0.15, -0.1) is 0 Å². The molecule has 0 fully saturated rings. The summed E-state index contributed by atoms with van der Waals surface area (Å²) < 4.78 is 1.63. The number of primary amides is 1. The van der Waals surface area contributed by atoms with Crippen LogP contribution in [0.2, 0.25) is 0 Å². The monoisotopic (exact) mass is 278 g/mol. The van der Waals surface area contributed by atoms with Gasteiger partial charge in [0, 0.05) is 11.1 Å². The Labute approximate surface area is 121 Å². The molecular formula is C16H14N4O. The number of hydrogen-bond donors (Lipinski definition) is 2. The van der Waals surface area contributed by atoms with Crippen LogP contribution in [0.1, 0.15) is 10.4 Å². The van der Waals surface area contributed by atoms with Crippen molar-refractivity contribution in [2.45, 2.75) is 0 Å². The molecule has 4 N–H and O–H groups in total. The maximum absolute atomic E-state index is 11.5. The van der Waals surface area contributed by atoms with E-state index >= 15 is 0 Å². The van der Waals surface area contributed by atoms with Crippen LogP contribution in [0.25, 0.3) is 16.8 Å². The molecule has 3 aromatic rings. The number of hydrogen-bond acceptors (Lipinski definition) is 3. The SMILES string of the molecule is NC(=O)c1ccccc1-c1cnn(-c2ccccc2)c1N. The van der Waals surface area contributed by atoms with Crippen LogP contribution in [-0.4, -0.2) is 15.7 Å². The zero-order valence-electron chi connectivity index (χ0n) is 11.2. The number of benzene rings is 2. The molecular weight excluding hydrogens is 264 g/mol. The minimum Gasteiger partial charge on any atom is -0.383 e. The van der Waals surface area contributed by atoms with Gasteiger partial charge in [-0.1, -0.05) is 36.4 Å². The van der Waals surface area contributed by atoms with Crippen LogP contribution in [0.15, 0.2) is 60.8 Å². The van der Waals surface area contributed by atoms with Crippen molar-refractivity contribution < 1.29 is 4.79 Å². The standard InChI is InChI=1S/C16H14N4O/c17-15-14(12-8-4-5-9-13(12)16(18)21)10-19-20(15)11-6-2-1-3-7-11/h1-10H,17H2,(H2,18,21). The van der Waals surface area contributed by atoms with Gasteiger partial charge in [-0.3, -0.25) is 4.79 Å². The van der Waals surface area contributed by atoms with Crippen molar-refractivity contribution in [3.8, 4) is 16.8 Å². The van der Waals surface area contributed by atoms with Crippen molar-refractivity contribution in [2.24, 2.45) is 5.73 Å². The van der Waals surface area contributed by atoms with Crippen LogP contribution in [0, 0.1) is 0 Å². The Bertz CT molecular complexity index is 793. The highest BCUT2D eigenvalue weighted by atomic mass is 16.1. The fourth-order valence-corrected chi connectivity index (χ4v) is 2.27. The molecule has 21 heavy (non-hydrogen) atoms. The van der Waals surface area contributed by atoms with Crippen LogP contribution < -0.4 is 11.5 Å². The highest BCUT2D eigenvalue weighted by Crippen LogP contribution is 2.30. The third-order valence-electron chi connectivity index (χ3n) is 3.29. The molecule has 104 valence electrons. The van der Waals surface area contributed by atoms with Crippen LogP contribution in [0.4, 0.5) is 5.82 Å². The van der Waals surface area contributed by atoms with Crippen LogP contribution in [0.3, 0.4) is 0 Å². The second-order valence-electron chi connectivity index (χ2n) is 4.60. The van der Waals surface area contributed by atoms with E-state index in [1.807, 2.05) is 42.5 Å². The van der Waals surface area contributed by atoms with Crippen LogP contribution >= 0.6 is 0 Å². The van der Waals surface area contributed by atoms with Gasteiger partial charge in [0.15, 0.2) is 0 Å². The summed E-state index contributed by atoms with van der Waals surface area (Å²) in [4.78, 5) is 11.5. The van der Waals surface area contributed by atoms with Gasteiger partial charge in [-0.05, 0) is 23.8 Å². The number of nitrogens with zero attached hydrogens (tertiary/aromatic N) is 2. The van der Waals surface area contributed by atoms with Gasteiger partial charge in [0.2, 0.25) is 5.91 Å². The number of carbonyl (C=O) groups excluding carboxylic acids is 1. The lowest BCUT2D eigenvalue weighted by Gasteiger charge is -2.07. The summed E-state index contributed by atoms with van der Waals surface area (Å²) in [6, 6.07) is 16.6. The van der Waals surface area contributed by atoms with Gasteiger partial charge >= 0.3 is 0 Å². The molecule has 3 rings (SSSR count). The van der Waals surface area contributed by atoms with Crippen molar-refractivity contribution in [3.63, 3.8) is 0 Å². The molecule has 0 aliphatic heterocycles. The van der Waals surface area contributed by atoms with E-state index in [1.54, 1.807) is 23.0 Å². The van der Waals surface area contributed by atoms with Gasteiger partial charge in [0.25, 0.3) is 0 Å². The zero-order chi connectivity index (χ0) is 14.8. The normalized spacial score (nSPS) is 10.5. The zero-order valence-corrected chi connectivity index (χ0v) is 11.2. The van der Waals surface area contributed by atoms with Crippen LogP contribution in [0.5, 0.6) is 0 Å². The summed E-state index contributed by atoms with van der Waals surface area (Å²) >= 11 is 0. The number of rotatable bonds is 3. The van der Waals surface area contributed by atoms with Gasteiger partial charge in [-0.2, -0.15) is 5.10 Å². The molecule has 0 spiro atoms. The minimum atomic E-state index is -0.488. The number of carbonyl (C=O) groups is 1. The van der Waals surface area contributed by atoms with E-state index in [-0.39, 0.29) is 0 Å². The van der Waals surface area contributed by atoms with Gasteiger partial charge in [-0.25, -0.2) is 4.68 Å². The van der Waals surface area contributed by atoms with E-state index in [1.165, 1.54) is 0 Å². The highest BCUT2D eigenvalue weighted by molar-refractivity contribution is 6.01. The molecule has 2 aromatic carbocycles. The molecule has 5 heteroatoms. The first-order chi connectivity index (χ1) is 10.2. The smallest absolute Gasteiger partial charge is 0.249 e. The fraction of sp³-hybridized carbons (Fsp3) is 0. The summed E-state index contributed by atoms with van der Waals surface area (Å²) in [5.41, 5.74) is 14.3.